The van der Waals surface area contributed by atoms with Crippen molar-refractivity contribution in [3.05, 3.63) is 96.1 Å². The zero-order chi connectivity index (χ0) is 20.8. The first-order chi connectivity index (χ1) is 14.7. The molecule has 1 saturated heterocycles. The highest BCUT2D eigenvalue weighted by atomic mass is 16.5. The maximum Gasteiger partial charge on any atom is 0.229 e. The lowest BCUT2D eigenvalue weighted by atomic mass is 10.1. The van der Waals surface area contributed by atoms with Crippen LogP contribution < -0.4 is 10.1 Å². The van der Waals surface area contributed by atoms with Gasteiger partial charge in [0.2, 0.25) is 11.8 Å². The lowest BCUT2D eigenvalue weighted by Gasteiger charge is -2.16. The number of anilines is 1. The quantitative estimate of drug-likeness (QED) is 0.645. The molecule has 1 heterocycles. The number of carbonyl (C=O) groups excluding carboxylic acids is 2. The fourth-order valence-electron chi connectivity index (χ4n) is 3.52. The third-order valence-corrected chi connectivity index (χ3v) is 5.17. The molecule has 0 unspecified atom stereocenters. The fourth-order valence-corrected chi connectivity index (χ4v) is 3.52. The first kappa shape index (κ1) is 19.7. The van der Waals surface area contributed by atoms with Crippen molar-refractivity contribution < 1.29 is 14.3 Å². The Balaban J connectivity index is 1.29. The van der Waals surface area contributed by atoms with E-state index in [9.17, 15) is 9.59 Å². The van der Waals surface area contributed by atoms with E-state index in [1.807, 2.05) is 84.9 Å². The van der Waals surface area contributed by atoms with E-state index in [1.54, 1.807) is 4.90 Å². The number of ether oxygens (including phenoxy) is 1. The van der Waals surface area contributed by atoms with Gasteiger partial charge in [0.1, 0.15) is 12.4 Å². The van der Waals surface area contributed by atoms with Gasteiger partial charge < -0.3 is 15.0 Å². The molecule has 0 bridgehead atoms. The Morgan fingerprint density at radius 2 is 1.53 bits per heavy atom. The van der Waals surface area contributed by atoms with E-state index in [-0.39, 0.29) is 24.2 Å². The number of nitrogens with one attached hydrogen (secondary N) is 1. The molecule has 0 aromatic heterocycles. The van der Waals surface area contributed by atoms with Gasteiger partial charge in [-0.05, 0) is 35.4 Å². The van der Waals surface area contributed by atoms with Crippen LogP contribution in [0.4, 0.5) is 5.69 Å². The Morgan fingerprint density at radius 3 is 2.20 bits per heavy atom. The zero-order valence-corrected chi connectivity index (χ0v) is 16.7. The first-order valence-electron chi connectivity index (χ1n) is 10.1. The number of nitrogens with zero attached hydrogens (tertiary/aromatic N) is 1. The van der Waals surface area contributed by atoms with Crippen LogP contribution in [0.1, 0.15) is 17.5 Å². The zero-order valence-electron chi connectivity index (χ0n) is 16.7. The molecule has 5 nitrogen and oxygen atoms in total. The lowest BCUT2D eigenvalue weighted by molar-refractivity contribution is -0.128. The average molecular weight is 400 g/mol. The SMILES string of the molecule is O=C(Nc1ccc(OCc2ccccc2)cc1)[C@@H]1CC(=O)N(Cc2ccccc2)C1. The fraction of sp³-hybridized carbons (Fsp3) is 0.200. The molecule has 1 fully saturated rings. The Labute approximate surface area is 176 Å². The monoisotopic (exact) mass is 400 g/mol. The second-order valence-electron chi connectivity index (χ2n) is 7.45. The molecule has 30 heavy (non-hydrogen) atoms. The van der Waals surface area contributed by atoms with Crippen LogP contribution in [-0.2, 0) is 22.7 Å². The van der Waals surface area contributed by atoms with Crippen molar-refractivity contribution in [2.45, 2.75) is 19.6 Å². The molecule has 152 valence electrons. The molecule has 1 N–H and O–H groups in total. The van der Waals surface area contributed by atoms with E-state index in [2.05, 4.69) is 5.32 Å². The van der Waals surface area contributed by atoms with Crippen LogP contribution in [-0.4, -0.2) is 23.3 Å². The molecule has 1 aliphatic heterocycles. The minimum Gasteiger partial charge on any atom is -0.489 e. The standard InChI is InChI=1S/C25H24N2O3/c28-24-15-21(17-27(24)16-19-7-3-1-4-8-19)25(29)26-22-11-13-23(14-12-22)30-18-20-9-5-2-6-10-20/h1-14,21H,15-18H2,(H,26,29)/t21-/m1/s1. The third kappa shape index (κ3) is 5.06. The van der Waals surface area contributed by atoms with Crippen molar-refractivity contribution in [3.63, 3.8) is 0 Å². The molecule has 1 atom stereocenters. The highest BCUT2D eigenvalue weighted by Gasteiger charge is 2.34. The van der Waals surface area contributed by atoms with E-state index in [0.29, 0.717) is 25.4 Å². The van der Waals surface area contributed by atoms with Gasteiger partial charge in [0, 0.05) is 25.2 Å². The number of hydrogen-bond donors (Lipinski definition) is 1. The van der Waals surface area contributed by atoms with Crippen molar-refractivity contribution in [2.75, 3.05) is 11.9 Å². The Kier molecular flexibility index (Phi) is 6.09. The average Bonchev–Trinajstić information content (AvgIpc) is 3.15. The highest BCUT2D eigenvalue weighted by Crippen LogP contribution is 2.23. The summed E-state index contributed by atoms with van der Waals surface area (Å²) in [4.78, 5) is 26.7. The van der Waals surface area contributed by atoms with Gasteiger partial charge in [-0.2, -0.15) is 0 Å². The highest BCUT2D eigenvalue weighted by molar-refractivity contribution is 5.97. The number of benzene rings is 3. The molecule has 5 heteroatoms. The van der Waals surface area contributed by atoms with Crippen LogP contribution in [0.25, 0.3) is 0 Å². The van der Waals surface area contributed by atoms with E-state index in [1.165, 1.54) is 0 Å². The molecule has 0 spiro atoms. The van der Waals surface area contributed by atoms with E-state index in [0.717, 1.165) is 16.9 Å². The van der Waals surface area contributed by atoms with Crippen LogP contribution in [0.15, 0.2) is 84.9 Å². The predicted molar refractivity (Wildman–Crippen MR) is 116 cm³/mol. The molecule has 3 aromatic carbocycles. The molecule has 4 rings (SSSR count). The first-order valence-corrected chi connectivity index (χ1v) is 10.1. The Hall–Kier alpha value is -3.60. The number of hydrogen-bond acceptors (Lipinski definition) is 3. The molecule has 0 saturated carbocycles. The lowest BCUT2D eigenvalue weighted by Crippen LogP contribution is -2.28. The maximum atomic E-state index is 12.6. The normalized spacial score (nSPS) is 15.8. The minimum atomic E-state index is -0.338. The second kappa shape index (κ2) is 9.27. The molecule has 2 amide bonds. The van der Waals surface area contributed by atoms with Gasteiger partial charge in [-0.15, -0.1) is 0 Å². The summed E-state index contributed by atoms with van der Waals surface area (Å²) in [6.45, 7) is 1.47. The van der Waals surface area contributed by atoms with Crippen molar-refractivity contribution in [3.8, 4) is 5.75 Å². The Bertz CT molecular complexity index is 988. The van der Waals surface area contributed by atoms with Crippen molar-refractivity contribution in [1.29, 1.82) is 0 Å². The summed E-state index contributed by atoms with van der Waals surface area (Å²) in [6, 6.07) is 27.1. The van der Waals surface area contributed by atoms with Crippen LogP contribution in [0, 0.1) is 5.92 Å². The summed E-state index contributed by atoms with van der Waals surface area (Å²) in [5, 5.41) is 2.92. The van der Waals surface area contributed by atoms with Gasteiger partial charge in [-0.1, -0.05) is 60.7 Å². The van der Waals surface area contributed by atoms with Gasteiger partial charge in [0.25, 0.3) is 0 Å². The second-order valence-corrected chi connectivity index (χ2v) is 7.45. The smallest absolute Gasteiger partial charge is 0.229 e. The van der Waals surface area contributed by atoms with Gasteiger partial charge in [-0.25, -0.2) is 0 Å². The summed E-state index contributed by atoms with van der Waals surface area (Å²) < 4.78 is 5.77. The third-order valence-electron chi connectivity index (χ3n) is 5.17. The maximum absolute atomic E-state index is 12.6. The van der Waals surface area contributed by atoms with Crippen LogP contribution in [0.2, 0.25) is 0 Å². The van der Waals surface area contributed by atoms with E-state index in [4.69, 9.17) is 4.74 Å². The van der Waals surface area contributed by atoms with Gasteiger partial charge >= 0.3 is 0 Å². The molecular weight excluding hydrogens is 376 g/mol. The largest absolute Gasteiger partial charge is 0.489 e. The van der Waals surface area contributed by atoms with Crippen molar-refractivity contribution >= 4 is 17.5 Å². The van der Waals surface area contributed by atoms with Crippen molar-refractivity contribution in [1.82, 2.24) is 4.90 Å². The summed E-state index contributed by atoms with van der Waals surface area (Å²) in [5.74, 6) is 0.290. The number of likely N-dealkylation sites (tertiary alicyclic amines) is 1. The molecule has 1 aliphatic rings. The van der Waals surface area contributed by atoms with Gasteiger partial charge in [0.15, 0.2) is 0 Å². The number of carbonyl (C=O) groups is 2. The predicted octanol–water partition coefficient (Wildman–Crippen LogP) is 4.25. The summed E-state index contributed by atoms with van der Waals surface area (Å²) in [5.41, 5.74) is 2.86. The summed E-state index contributed by atoms with van der Waals surface area (Å²) in [6.07, 6.45) is 0.247. The van der Waals surface area contributed by atoms with Gasteiger partial charge in [-0.3, -0.25) is 9.59 Å². The Morgan fingerprint density at radius 1 is 0.900 bits per heavy atom. The summed E-state index contributed by atoms with van der Waals surface area (Å²) >= 11 is 0. The molecule has 0 aliphatic carbocycles. The molecular formula is C25H24N2O3. The number of rotatable bonds is 7. The van der Waals surface area contributed by atoms with Crippen LogP contribution >= 0.6 is 0 Å². The topological polar surface area (TPSA) is 58.6 Å². The van der Waals surface area contributed by atoms with Crippen LogP contribution in [0.3, 0.4) is 0 Å². The van der Waals surface area contributed by atoms with Crippen molar-refractivity contribution in [2.24, 2.45) is 5.92 Å². The van der Waals surface area contributed by atoms with E-state index >= 15 is 0 Å². The van der Waals surface area contributed by atoms with Crippen LogP contribution in [0.5, 0.6) is 5.75 Å². The molecule has 0 radical (unpaired) electrons. The minimum absolute atomic E-state index is 0.0173. The van der Waals surface area contributed by atoms with Gasteiger partial charge in [0.05, 0.1) is 5.92 Å². The number of amides is 2. The summed E-state index contributed by atoms with van der Waals surface area (Å²) in [7, 11) is 0. The van der Waals surface area contributed by atoms with E-state index < -0.39 is 0 Å². The molecule has 3 aromatic rings.